The third kappa shape index (κ3) is 3.03. The molecule has 0 aliphatic heterocycles. The van der Waals surface area contributed by atoms with E-state index in [0.717, 1.165) is 24.0 Å². The fourth-order valence-electron chi connectivity index (χ4n) is 2.55. The topological polar surface area (TPSA) is 49.3 Å². The van der Waals surface area contributed by atoms with Crippen molar-refractivity contribution in [3.05, 3.63) is 64.7 Å². The number of halogens is 1. The average molecular weight is 302 g/mol. The normalized spacial score (nSPS) is 15.5. The Hall–Kier alpha value is -2.00. The van der Waals surface area contributed by atoms with Crippen LogP contribution in [-0.2, 0) is 4.79 Å². The highest BCUT2D eigenvalue weighted by atomic mass is 35.5. The van der Waals surface area contributed by atoms with Crippen molar-refractivity contribution < 1.29 is 9.90 Å². The molecule has 2 N–H and O–H groups in total. The summed E-state index contributed by atoms with van der Waals surface area (Å²) in [6.07, 6.45) is 2.27. The fraction of sp³-hybridized carbons (Fsp3) is 0.235. The lowest BCUT2D eigenvalue weighted by Crippen LogP contribution is -2.22. The Balaban J connectivity index is 1.96. The number of carbonyl (C=O) groups is 1. The van der Waals surface area contributed by atoms with Crippen LogP contribution in [0.25, 0.3) is 0 Å². The number of carboxylic acids is 1. The predicted molar refractivity (Wildman–Crippen MR) is 83.9 cm³/mol. The Morgan fingerprint density at radius 3 is 2.48 bits per heavy atom. The molecule has 1 saturated carbocycles. The summed E-state index contributed by atoms with van der Waals surface area (Å²) in [4.78, 5) is 11.7. The lowest BCUT2D eigenvalue weighted by molar-refractivity contribution is -0.138. The van der Waals surface area contributed by atoms with Gasteiger partial charge in [-0.25, -0.2) is 4.79 Å². The molecule has 3 rings (SSSR count). The molecular formula is C17H16ClNO2. The van der Waals surface area contributed by atoms with Gasteiger partial charge in [0.15, 0.2) is 6.04 Å². The van der Waals surface area contributed by atoms with Gasteiger partial charge in [0.2, 0.25) is 0 Å². The molecule has 3 nitrogen and oxygen atoms in total. The zero-order valence-corrected chi connectivity index (χ0v) is 12.2. The number of benzene rings is 2. The number of carboxylic acid groups (broad SMARTS) is 1. The molecule has 4 heteroatoms. The van der Waals surface area contributed by atoms with Crippen molar-refractivity contribution >= 4 is 23.3 Å². The first-order chi connectivity index (χ1) is 10.2. The van der Waals surface area contributed by atoms with Crippen LogP contribution in [0.1, 0.15) is 35.9 Å². The number of anilines is 1. The average Bonchev–Trinajstić information content (AvgIpc) is 3.31. The second-order valence-corrected chi connectivity index (χ2v) is 5.71. The summed E-state index contributed by atoms with van der Waals surface area (Å²) in [6.45, 7) is 0. The third-order valence-electron chi connectivity index (χ3n) is 3.74. The molecule has 2 aromatic carbocycles. The minimum absolute atomic E-state index is 0.496. The van der Waals surface area contributed by atoms with Crippen LogP contribution in [0.3, 0.4) is 0 Å². The lowest BCUT2D eigenvalue weighted by Gasteiger charge is -2.20. The summed E-state index contributed by atoms with van der Waals surface area (Å²) in [5.74, 6) is -0.404. The van der Waals surface area contributed by atoms with Crippen molar-refractivity contribution in [1.29, 1.82) is 0 Å². The SMILES string of the molecule is O=C(O)C(Nc1ccccc1Cl)c1ccccc1C1CC1. The summed E-state index contributed by atoms with van der Waals surface area (Å²) < 4.78 is 0. The number of hydrogen-bond donors (Lipinski definition) is 2. The molecule has 0 spiro atoms. The maximum Gasteiger partial charge on any atom is 0.330 e. The van der Waals surface area contributed by atoms with Gasteiger partial charge >= 0.3 is 5.97 Å². The maximum absolute atomic E-state index is 11.7. The molecule has 0 amide bonds. The van der Waals surface area contributed by atoms with E-state index in [1.54, 1.807) is 12.1 Å². The van der Waals surface area contributed by atoms with Gasteiger partial charge in [-0.05, 0) is 42.0 Å². The second-order valence-electron chi connectivity index (χ2n) is 5.30. The highest BCUT2D eigenvalue weighted by Gasteiger charge is 2.30. The quantitative estimate of drug-likeness (QED) is 0.857. The zero-order chi connectivity index (χ0) is 14.8. The summed E-state index contributed by atoms with van der Waals surface area (Å²) >= 11 is 6.12. The van der Waals surface area contributed by atoms with Gasteiger partial charge in [0.1, 0.15) is 0 Å². The van der Waals surface area contributed by atoms with Gasteiger partial charge < -0.3 is 10.4 Å². The molecule has 0 saturated heterocycles. The van der Waals surface area contributed by atoms with Crippen LogP contribution in [0.4, 0.5) is 5.69 Å². The standard InChI is InChI=1S/C17H16ClNO2/c18-14-7-3-4-8-15(14)19-16(17(20)21)13-6-2-1-5-12(13)11-9-10-11/h1-8,11,16,19H,9-10H2,(H,20,21). The van der Waals surface area contributed by atoms with Crippen molar-refractivity contribution in [2.75, 3.05) is 5.32 Å². The Labute approximate surface area is 128 Å². The molecule has 1 fully saturated rings. The molecule has 21 heavy (non-hydrogen) atoms. The summed E-state index contributed by atoms with van der Waals surface area (Å²) in [5, 5.41) is 13.2. The van der Waals surface area contributed by atoms with Crippen LogP contribution < -0.4 is 5.32 Å². The van der Waals surface area contributed by atoms with Crippen molar-refractivity contribution in [2.24, 2.45) is 0 Å². The Morgan fingerprint density at radius 2 is 1.81 bits per heavy atom. The number of aliphatic carboxylic acids is 1. The number of hydrogen-bond acceptors (Lipinski definition) is 2. The first kappa shape index (κ1) is 14.0. The van der Waals surface area contributed by atoms with E-state index in [4.69, 9.17) is 11.6 Å². The largest absolute Gasteiger partial charge is 0.479 e. The van der Waals surface area contributed by atoms with Gasteiger partial charge in [-0.1, -0.05) is 48.0 Å². The van der Waals surface area contributed by atoms with E-state index in [9.17, 15) is 9.90 Å². The van der Waals surface area contributed by atoms with Crippen LogP contribution in [0.5, 0.6) is 0 Å². The van der Waals surface area contributed by atoms with E-state index in [2.05, 4.69) is 5.32 Å². The summed E-state index contributed by atoms with van der Waals surface area (Å²) in [7, 11) is 0. The number of para-hydroxylation sites is 1. The zero-order valence-electron chi connectivity index (χ0n) is 11.4. The molecule has 1 unspecified atom stereocenters. The molecular weight excluding hydrogens is 286 g/mol. The molecule has 1 atom stereocenters. The van der Waals surface area contributed by atoms with E-state index in [-0.39, 0.29) is 0 Å². The molecule has 1 aliphatic carbocycles. The highest BCUT2D eigenvalue weighted by molar-refractivity contribution is 6.33. The van der Waals surface area contributed by atoms with Gasteiger partial charge in [0, 0.05) is 0 Å². The highest BCUT2D eigenvalue weighted by Crippen LogP contribution is 2.43. The minimum Gasteiger partial charge on any atom is -0.479 e. The summed E-state index contributed by atoms with van der Waals surface area (Å²) in [5.41, 5.74) is 2.59. The van der Waals surface area contributed by atoms with E-state index < -0.39 is 12.0 Å². The second kappa shape index (κ2) is 5.78. The molecule has 0 heterocycles. The van der Waals surface area contributed by atoms with E-state index in [0.29, 0.717) is 16.6 Å². The Morgan fingerprint density at radius 1 is 1.14 bits per heavy atom. The van der Waals surface area contributed by atoms with Gasteiger partial charge in [-0.2, -0.15) is 0 Å². The van der Waals surface area contributed by atoms with Crippen molar-refractivity contribution in [3.8, 4) is 0 Å². The monoisotopic (exact) mass is 301 g/mol. The van der Waals surface area contributed by atoms with Crippen molar-refractivity contribution in [2.45, 2.75) is 24.8 Å². The molecule has 0 aromatic heterocycles. The van der Waals surface area contributed by atoms with Crippen LogP contribution in [0, 0.1) is 0 Å². The van der Waals surface area contributed by atoms with Crippen LogP contribution in [-0.4, -0.2) is 11.1 Å². The maximum atomic E-state index is 11.7. The molecule has 0 radical (unpaired) electrons. The third-order valence-corrected chi connectivity index (χ3v) is 4.07. The predicted octanol–water partition coefficient (Wildman–Crippen LogP) is 4.46. The van der Waals surface area contributed by atoms with Gasteiger partial charge in [0.25, 0.3) is 0 Å². The van der Waals surface area contributed by atoms with Crippen molar-refractivity contribution in [3.63, 3.8) is 0 Å². The van der Waals surface area contributed by atoms with Gasteiger partial charge in [-0.15, -0.1) is 0 Å². The van der Waals surface area contributed by atoms with Crippen molar-refractivity contribution in [1.82, 2.24) is 0 Å². The minimum atomic E-state index is -0.900. The van der Waals surface area contributed by atoms with Crippen LogP contribution >= 0.6 is 11.6 Å². The lowest BCUT2D eigenvalue weighted by atomic mass is 9.97. The summed E-state index contributed by atoms with van der Waals surface area (Å²) in [6, 6.07) is 14.2. The Kier molecular flexibility index (Phi) is 3.84. The molecule has 1 aliphatic rings. The molecule has 108 valence electrons. The van der Waals surface area contributed by atoms with Gasteiger partial charge in [-0.3, -0.25) is 0 Å². The van der Waals surface area contributed by atoms with E-state index >= 15 is 0 Å². The smallest absolute Gasteiger partial charge is 0.330 e. The molecule has 0 bridgehead atoms. The van der Waals surface area contributed by atoms with Crippen LogP contribution in [0.2, 0.25) is 5.02 Å². The van der Waals surface area contributed by atoms with E-state index in [1.165, 1.54) is 0 Å². The first-order valence-electron chi connectivity index (χ1n) is 6.99. The van der Waals surface area contributed by atoms with Crippen LogP contribution in [0.15, 0.2) is 48.5 Å². The van der Waals surface area contributed by atoms with Gasteiger partial charge in [0.05, 0.1) is 10.7 Å². The fourth-order valence-corrected chi connectivity index (χ4v) is 2.74. The number of nitrogens with one attached hydrogen (secondary N) is 1. The number of rotatable bonds is 5. The first-order valence-corrected chi connectivity index (χ1v) is 7.37. The van der Waals surface area contributed by atoms with E-state index in [1.807, 2.05) is 36.4 Å². The Bertz CT molecular complexity index is 667. The molecule has 2 aromatic rings.